The summed E-state index contributed by atoms with van der Waals surface area (Å²) in [5.74, 6) is -0.695. The molecular weight excluding hydrogens is 943 g/mol. The topological polar surface area (TPSA) is 245 Å². The Morgan fingerprint density at radius 2 is 1.64 bits per heavy atom. The van der Waals surface area contributed by atoms with Crippen LogP contribution in [0.2, 0.25) is 0 Å². The van der Waals surface area contributed by atoms with E-state index >= 15 is 0 Å². The molecule has 1 aliphatic carbocycles. The number of carbonyl (C=O) groups is 7. The molecular formula is C55H67N11O8. The van der Waals surface area contributed by atoms with Crippen LogP contribution >= 0.6 is 0 Å². The zero-order valence-corrected chi connectivity index (χ0v) is 42.7. The normalized spacial score (nSPS) is 23.2. The van der Waals surface area contributed by atoms with Crippen molar-refractivity contribution < 1.29 is 38.1 Å². The van der Waals surface area contributed by atoms with Crippen molar-refractivity contribution in [1.29, 1.82) is 0 Å². The van der Waals surface area contributed by atoms with Crippen molar-refractivity contribution in [3.63, 3.8) is 0 Å². The van der Waals surface area contributed by atoms with Crippen LogP contribution in [0.15, 0.2) is 87.8 Å². The quantitative estimate of drug-likeness (QED) is 0.163. The zero-order chi connectivity index (χ0) is 52.3. The van der Waals surface area contributed by atoms with Crippen molar-refractivity contribution in [1.82, 2.24) is 35.8 Å². The van der Waals surface area contributed by atoms with Crippen molar-refractivity contribution in [2.75, 3.05) is 43.4 Å². The molecule has 5 aliphatic heterocycles. The molecule has 9 rings (SSSR count). The van der Waals surface area contributed by atoms with E-state index in [0.717, 1.165) is 70.9 Å². The largest absolute Gasteiger partial charge is 0.386 e. The number of hydrogen-bond acceptors (Lipinski definition) is 14. The van der Waals surface area contributed by atoms with Gasteiger partial charge in [0.05, 0.1) is 35.1 Å². The van der Waals surface area contributed by atoms with Gasteiger partial charge in [0, 0.05) is 81.7 Å². The van der Waals surface area contributed by atoms with Crippen LogP contribution in [-0.4, -0.2) is 118 Å². The van der Waals surface area contributed by atoms with Gasteiger partial charge in [0.1, 0.15) is 23.3 Å². The first kappa shape index (κ1) is 51.3. The summed E-state index contributed by atoms with van der Waals surface area (Å²) in [7, 11) is 1.85. The minimum atomic E-state index is -1.02. The highest BCUT2D eigenvalue weighted by Gasteiger charge is 2.45. The van der Waals surface area contributed by atoms with Crippen molar-refractivity contribution in [2.24, 2.45) is 16.6 Å². The molecule has 74 heavy (non-hydrogen) atoms. The summed E-state index contributed by atoms with van der Waals surface area (Å²) in [6.45, 7) is 8.22. The van der Waals surface area contributed by atoms with E-state index in [0.29, 0.717) is 75.2 Å². The van der Waals surface area contributed by atoms with E-state index in [1.54, 1.807) is 24.4 Å². The molecule has 3 aromatic rings. The number of nitrogens with one attached hydrogen (secondary N) is 4. The third-order valence-electron chi connectivity index (χ3n) is 15.1. The molecule has 6 heterocycles. The molecule has 1 aromatic heterocycles. The second kappa shape index (κ2) is 21.9. The first-order chi connectivity index (χ1) is 35.5. The third kappa shape index (κ3) is 11.3. The molecule has 1 unspecified atom stereocenters. The van der Waals surface area contributed by atoms with E-state index in [9.17, 15) is 33.6 Å². The summed E-state index contributed by atoms with van der Waals surface area (Å²) in [5, 5.41) is 15.8. The Morgan fingerprint density at radius 3 is 2.36 bits per heavy atom. The lowest BCUT2D eigenvalue weighted by molar-refractivity contribution is -0.136. The Bertz CT molecular complexity index is 2830. The highest BCUT2D eigenvalue weighted by Crippen LogP contribution is 2.36. The molecule has 390 valence electrons. The lowest BCUT2D eigenvalue weighted by Gasteiger charge is -2.42. The minimum absolute atomic E-state index is 0.00429. The van der Waals surface area contributed by atoms with Crippen LogP contribution in [0.5, 0.6) is 0 Å². The smallest absolute Gasteiger partial charge is 0.262 e. The van der Waals surface area contributed by atoms with E-state index in [1.165, 1.54) is 0 Å². The van der Waals surface area contributed by atoms with E-state index < -0.39 is 29.7 Å². The van der Waals surface area contributed by atoms with E-state index in [4.69, 9.17) is 10.3 Å². The molecule has 7 amide bonds. The van der Waals surface area contributed by atoms with Crippen molar-refractivity contribution >= 4 is 64.4 Å². The number of hydrogen-bond donors (Lipinski definition) is 5. The minimum Gasteiger partial charge on any atom is -0.386 e. The summed E-state index contributed by atoms with van der Waals surface area (Å²) in [6, 6.07) is 13.6. The Kier molecular flexibility index (Phi) is 15.2. The Labute approximate surface area is 431 Å². The molecule has 6 aliphatic rings. The first-order valence-electron chi connectivity index (χ1n) is 26.0. The summed E-state index contributed by atoms with van der Waals surface area (Å²) in [4.78, 5) is 103. The van der Waals surface area contributed by atoms with Gasteiger partial charge in [-0.2, -0.15) is 0 Å². The van der Waals surface area contributed by atoms with Crippen LogP contribution in [0.4, 0.5) is 11.5 Å². The molecule has 0 spiro atoms. The maximum Gasteiger partial charge on any atom is 0.262 e. The monoisotopic (exact) mass is 1010 g/mol. The Hall–Kier alpha value is -7.57. The van der Waals surface area contributed by atoms with Crippen molar-refractivity contribution in [2.45, 2.75) is 128 Å². The van der Waals surface area contributed by atoms with Crippen LogP contribution in [0.3, 0.4) is 0 Å². The van der Waals surface area contributed by atoms with Gasteiger partial charge in [-0.1, -0.05) is 56.3 Å². The van der Waals surface area contributed by atoms with Gasteiger partial charge < -0.3 is 40.9 Å². The number of fused-ring (bicyclic) bond motifs is 5. The highest BCUT2D eigenvalue weighted by atomic mass is 16.5. The highest BCUT2D eigenvalue weighted by molar-refractivity contribution is 6.23. The predicted octanol–water partition coefficient (Wildman–Crippen LogP) is 5.26. The van der Waals surface area contributed by atoms with Gasteiger partial charge in [0.25, 0.3) is 11.8 Å². The van der Waals surface area contributed by atoms with Gasteiger partial charge in [0.2, 0.25) is 29.5 Å². The number of rotatable bonds is 10. The predicted molar refractivity (Wildman–Crippen MR) is 278 cm³/mol. The van der Waals surface area contributed by atoms with Gasteiger partial charge >= 0.3 is 0 Å². The molecule has 6 N–H and O–H groups in total. The molecule has 19 nitrogen and oxygen atoms in total. The molecule has 19 heteroatoms. The molecule has 1 saturated carbocycles. The lowest BCUT2D eigenvalue weighted by atomic mass is 9.88. The van der Waals surface area contributed by atoms with Gasteiger partial charge in [-0.05, 0) is 99.1 Å². The number of carbonyl (C=O) groups excluding carboxylic acids is 7. The number of imide groups is 2. The lowest BCUT2D eigenvalue weighted by Crippen LogP contribution is -2.54. The number of nitrogens with two attached hydrogens (primary N) is 1. The van der Waals surface area contributed by atoms with Crippen LogP contribution < -0.4 is 31.9 Å². The molecule has 3 atom stereocenters. The number of anilines is 2. The second-order valence-electron chi connectivity index (χ2n) is 21.2. The summed E-state index contributed by atoms with van der Waals surface area (Å²) in [5.41, 5.74) is 11.9. The standard InChI is InChI=1S/C55H67N11O8/c1-55(2,3)43-31-44(62-74-43)60-47(69)28-34-11-14-35(15-12-34)49(57-4)50-51(56)58-32-39-9-5-6-24-64(27-23-46(68)59-36-8-7-10-38(29-36)65(39)50)48(70)20-13-33-21-25-63(26-22-33)37-16-17-40-41(30-37)54(73)66(53(40)72)42-18-19-45(67)61-52(42)71/h5,9,11-12,14-17,30-33,36,38,42,57H,6-8,10,13,18-29H2,1-4H3,(H2,56,58)(H,59,68)(H,60,62,69)(H,61,67,71)/b9-5+,50-49-/t36-,38-,42?/m1/s1. The van der Waals surface area contributed by atoms with E-state index in [-0.39, 0.29) is 72.0 Å². The average molecular weight is 1010 g/mol. The third-order valence-corrected chi connectivity index (χ3v) is 15.1. The van der Waals surface area contributed by atoms with Gasteiger partial charge in [-0.3, -0.25) is 43.8 Å². The number of amides is 7. The Morgan fingerprint density at radius 1 is 0.865 bits per heavy atom. The number of aliphatic imine (C=N–C) groups is 1. The van der Waals surface area contributed by atoms with Crippen molar-refractivity contribution in [3.8, 4) is 0 Å². The summed E-state index contributed by atoms with van der Waals surface area (Å²) in [6.07, 6.45) is 13.0. The van der Waals surface area contributed by atoms with E-state index in [1.807, 2.05) is 63.1 Å². The van der Waals surface area contributed by atoms with Gasteiger partial charge in [-0.15, -0.1) is 0 Å². The van der Waals surface area contributed by atoms with Crippen LogP contribution in [0.1, 0.15) is 135 Å². The second-order valence-corrected chi connectivity index (χ2v) is 21.2. The summed E-state index contributed by atoms with van der Waals surface area (Å²) >= 11 is 0. The SMILES string of the molecule is CN/C(=C1/C(N)=NC=C2/C=C/CCN(C(=O)CCC3CCN(c4ccc5c(c4)C(=O)N(C4CCC(=O)NC4=O)C5=O)CC3)CCC(=O)N[C@@H]3CCC[C@H](C3)N21)c1ccc(CC(=O)Nc2cc(C(C)(C)C)on2)cc1. The van der Waals surface area contributed by atoms with Crippen LogP contribution in [0, 0.1) is 5.92 Å². The molecule has 2 aromatic carbocycles. The number of allylic oxidation sites excluding steroid dienone is 1. The first-order valence-corrected chi connectivity index (χ1v) is 26.0. The molecule has 2 bridgehead atoms. The molecule has 2 saturated heterocycles. The maximum atomic E-state index is 14.0. The van der Waals surface area contributed by atoms with Gasteiger partial charge in [-0.25, -0.2) is 4.99 Å². The van der Waals surface area contributed by atoms with Gasteiger partial charge in [0.15, 0.2) is 5.82 Å². The average Bonchev–Trinajstić information content (AvgIpc) is 3.95. The maximum absolute atomic E-state index is 14.0. The molecule has 0 radical (unpaired) electrons. The number of aromatic nitrogens is 1. The summed E-state index contributed by atoms with van der Waals surface area (Å²) < 4.78 is 5.43. The van der Waals surface area contributed by atoms with E-state index in [2.05, 4.69) is 53.4 Å². The fourth-order valence-electron chi connectivity index (χ4n) is 11.0. The van der Waals surface area contributed by atoms with Crippen molar-refractivity contribution in [3.05, 3.63) is 106 Å². The molecule has 3 fully saturated rings. The number of nitrogens with zero attached hydrogens (tertiary/aromatic N) is 6. The number of benzene rings is 2. The van der Waals surface area contributed by atoms with Crippen LogP contribution in [0.25, 0.3) is 5.70 Å². The fourth-order valence-corrected chi connectivity index (χ4v) is 11.0. The zero-order valence-electron chi connectivity index (χ0n) is 42.7. The van der Waals surface area contributed by atoms with Crippen LogP contribution in [-0.2, 0) is 35.8 Å². The number of piperidine rings is 2. The Balaban J connectivity index is 0.830. The fraction of sp³-hybridized carbons (Fsp3) is 0.473. The number of amidine groups is 1.